The van der Waals surface area contributed by atoms with E-state index in [4.69, 9.17) is 0 Å². The van der Waals surface area contributed by atoms with Gasteiger partial charge in [-0.3, -0.25) is 18.7 Å². The molecule has 0 amide bonds. The number of alkyl halides is 3. The summed E-state index contributed by atoms with van der Waals surface area (Å²) >= 11 is -0.271. The van der Waals surface area contributed by atoms with Crippen molar-refractivity contribution in [1.29, 1.82) is 0 Å². The van der Waals surface area contributed by atoms with Crippen LogP contribution in [0.15, 0.2) is 15.8 Å². The molecule has 0 radical (unpaired) electrons. The molecular weight excluding hydrogens is 285 g/mol. The quantitative estimate of drug-likeness (QED) is 0.778. The fourth-order valence-corrected chi connectivity index (χ4v) is 1.91. The first kappa shape index (κ1) is 15.5. The number of halogens is 3. The Bertz CT molecular complexity index is 604. The maximum atomic E-state index is 12.0. The monoisotopic (exact) mass is 296 g/mol. The lowest BCUT2D eigenvalue weighted by Crippen LogP contribution is -2.40. The number of hydrogen-bond acceptors (Lipinski definition) is 4. The summed E-state index contributed by atoms with van der Waals surface area (Å²) in [4.78, 5) is 34.4. The molecule has 0 aliphatic rings. The predicted molar refractivity (Wildman–Crippen MR) is 64.5 cm³/mol. The Balaban J connectivity index is 3.06. The SMILES string of the molecule is CC(=O)c1cn(CCSC(F)(F)F)c(=O)n(C)c1=O. The van der Waals surface area contributed by atoms with Crippen LogP contribution < -0.4 is 11.2 Å². The minimum Gasteiger partial charge on any atom is -0.299 e. The normalized spacial score (nSPS) is 11.6. The van der Waals surface area contributed by atoms with Crippen molar-refractivity contribution in [2.45, 2.75) is 19.0 Å². The topological polar surface area (TPSA) is 61.1 Å². The number of ketones is 1. The van der Waals surface area contributed by atoms with Crippen LogP contribution in [0.25, 0.3) is 0 Å². The van der Waals surface area contributed by atoms with Crippen LogP contribution in [0.4, 0.5) is 13.2 Å². The van der Waals surface area contributed by atoms with E-state index in [1.54, 1.807) is 0 Å². The summed E-state index contributed by atoms with van der Waals surface area (Å²) in [6, 6.07) is 0. The van der Waals surface area contributed by atoms with E-state index in [1.165, 1.54) is 7.05 Å². The van der Waals surface area contributed by atoms with Gasteiger partial charge in [0.15, 0.2) is 5.78 Å². The number of Topliss-reactive ketones (excluding diaryl/α,β-unsaturated/α-hetero) is 1. The third kappa shape index (κ3) is 3.98. The number of carbonyl (C=O) groups is 1. The summed E-state index contributed by atoms with van der Waals surface area (Å²) in [5.74, 6) is -0.920. The molecule has 9 heteroatoms. The standard InChI is InChI=1S/C10H11F3N2O3S/c1-6(16)7-5-15(3-4-19-10(11,12)13)9(18)14(2)8(7)17/h5H,3-4H2,1-2H3. The molecule has 106 valence electrons. The van der Waals surface area contributed by atoms with Crippen molar-refractivity contribution >= 4 is 17.5 Å². The fraction of sp³-hybridized carbons (Fsp3) is 0.500. The molecule has 0 spiro atoms. The van der Waals surface area contributed by atoms with Crippen LogP contribution in [0.1, 0.15) is 17.3 Å². The maximum Gasteiger partial charge on any atom is 0.441 e. The van der Waals surface area contributed by atoms with Crippen molar-refractivity contribution in [3.63, 3.8) is 0 Å². The summed E-state index contributed by atoms with van der Waals surface area (Å²) in [5, 5.41) is 0. The smallest absolute Gasteiger partial charge is 0.299 e. The van der Waals surface area contributed by atoms with E-state index in [-0.39, 0.29) is 29.6 Å². The number of nitrogens with zero attached hydrogens (tertiary/aromatic N) is 2. The van der Waals surface area contributed by atoms with Gasteiger partial charge in [-0.15, -0.1) is 0 Å². The molecule has 1 aromatic rings. The Morgan fingerprint density at radius 1 is 1.37 bits per heavy atom. The second-order valence-corrected chi connectivity index (χ2v) is 4.89. The van der Waals surface area contributed by atoms with Crippen molar-refractivity contribution in [2.24, 2.45) is 7.05 Å². The average molecular weight is 296 g/mol. The highest BCUT2D eigenvalue weighted by Gasteiger charge is 2.27. The van der Waals surface area contributed by atoms with Crippen molar-refractivity contribution in [2.75, 3.05) is 5.75 Å². The molecule has 0 aromatic carbocycles. The van der Waals surface area contributed by atoms with Gasteiger partial charge in [-0.05, 0) is 18.7 Å². The van der Waals surface area contributed by atoms with Crippen molar-refractivity contribution < 1.29 is 18.0 Å². The van der Waals surface area contributed by atoms with Crippen LogP contribution in [-0.2, 0) is 13.6 Å². The molecule has 0 aliphatic heterocycles. The maximum absolute atomic E-state index is 12.0. The molecule has 0 N–H and O–H groups in total. The van der Waals surface area contributed by atoms with Crippen LogP contribution in [0, 0.1) is 0 Å². The van der Waals surface area contributed by atoms with Crippen LogP contribution in [0.5, 0.6) is 0 Å². The second-order valence-electron chi connectivity index (χ2n) is 3.73. The first-order valence-electron chi connectivity index (χ1n) is 5.15. The molecular formula is C10H11F3N2O3S. The zero-order chi connectivity index (χ0) is 14.8. The summed E-state index contributed by atoms with van der Waals surface area (Å²) in [7, 11) is 1.17. The molecule has 1 heterocycles. The molecule has 5 nitrogen and oxygen atoms in total. The van der Waals surface area contributed by atoms with Crippen LogP contribution >= 0.6 is 11.8 Å². The Morgan fingerprint density at radius 3 is 2.42 bits per heavy atom. The average Bonchev–Trinajstić information content (AvgIpc) is 2.27. The van der Waals surface area contributed by atoms with Crippen molar-refractivity contribution in [1.82, 2.24) is 9.13 Å². The number of thioether (sulfide) groups is 1. The third-order valence-electron chi connectivity index (χ3n) is 2.33. The molecule has 0 saturated heterocycles. The van der Waals surface area contributed by atoms with Gasteiger partial charge in [0.2, 0.25) is 0 Å². The molecule has 0 aliphatic carbocycles. The lowest BCUT2D eigenvalue weighted by atomic mass is 10.2. The van der Waals surface area contributed by atoms with Gasteiger partial charge in [-0.1, -0.05) is 0 Å². The van der Waals surface area contributed by atoms with Gasteiger partial charge >= 0.3 is 11.2 Å². The summed E-state index contributed by atoms with van der Waals surface area (Å²) in [5.41, 5.74) is -6.11. The zero-order valence-electron chi connectivity index (χ0n) is 10.2. The molecule has 0 bridgehead atoms. The molecule has 0 unspecified atom stereocenters. The van der Waals surface area contributed by atoms with Gasteiger partial charge in [0.25, 0.3) is 5.56 Å². The van der Waals surface area contributed by atoms with Gasteiger partial charge in [-0.2, -0.15) is 13.2 Å². The van der Waals surface area contributed by atoms with Gasteiger partial charge in [0.05, 0.1) is 5.56 Å². The van der Waals surface area contributed by atoms with E-state index in [0.717, 1.165) is 17.7 Å². The summed E-state index contributed by atoms with van der Waals surface area (Å²) < 4.78 is 37.6. The summed E-state index contributed by atoms with van der Waals surface area (Å²) in [6.07, 6.45) is 1.00. The van der Waals surface area contributed by atoms with Crippen LogP contribution in [0.3, 0.4) is 0 Å². The molecule has 0 saturated carbocycles. The van der Waals surface area contributed by atoms with E-state index in [1.807, 2.05) is 0 Å². The first-order chi connectivity index (χ1) is 8.63. The highest BCUT2D eigenvalue weighted by Crippen LogP contribution is 2.29. The predicted octanol–water partition coefficient (Wildman–Crippen LogP) is 1.00. The molecule has 1 rings (SSSR count). The Labute approximate surface area is 110 Å². The molecule has 19 heavy (non-hydrogen) atoms. The lowest BCUT2D eigenvalue weighted by molar-refractivity contribution is -0.0328. The number of carbonyl (C=O) groups excluding carboxylic acids is 1. The van der Waals surface area contributed by atoms with E-state index < -0.39 is 22.5 Å². The Hall–Kier alpha value is -1.51. The van der Waals surface area contributed by atoms with Gasteiger partial charge in [0, 0.05) is 25.5 Å². The summed E-state index contributed by atoms with van der Waals surface area (Å²) in [6.45, 7) is 0.910. The van der Waals surface area contributed by atoms with Gasteiger partial charge in [0.1, 0.15) is 0 Å². The second kappa shape index (κ2) is 5.64. The Kier molecular flexibility index (Phi) is 4.61. The van der Waals surface area contributed by atoms with E-state index >= 15 is 0 Å². The third-order valence-corrected chi connectivity index (χ3v) is 3.04. The highest BCUT2D eigenvalue weighted by molar-refractivity contribution is 8.00. The molecule has 0 fully saturated rings. The van der Waals surface area contributed by atoms with Gasteiger partial charge < -0.3 is 0 Å². The van der Waals surface area contributed by atoms with Crippen LogP contribution in [0.2, 0.25) is 0 Å². The molecule has 1 aromatic heterocycles. The Morgan fingerprint density at radius 2 is 1.95 bits per heavy atom. The lowest BCUT2D eigenvalue weighted by Gasteiger charge is -2.10. The van der Waals surface area contributed by atoms with Crippen molar-refractivity contribution in [3.8, 4) is 0 Å². The molecule has 0 atom stereocenters. The van der Waals surface area contributed by atoms with E-state index in [0.29, 0.717) is 4.57 Å². The number of rotatable bonds is 4. The van der Waals surface area contributed by atoms with E-state index in [2.05, 4.69) is 0 Å². The fourth-order valence-electron chi connectivity index (χ4n) is 1.39. The zero-order valence-corrected chi connectivity index (χ0v) is 11.0. The minimum absolute atomic E-state index is 0.223. The van der Waals surface area contributed by atoms with Crippen molar-refractivity contribution in [3.05, 3.63) is 32.6 Å². The highest BCUT2D eigenvalue weighted by atomic mass is 32.2. The first-order valence-corrected chi connectivity index (χ1v) is 6.14. The number of aryl methyl sites for hydroxylation is 1. The van der Waals surface area contributed by atoms with Crippen LogP contribution in [-0.4, -0.2) is 26.2 Å². The number of aromatic nitrogens is 2. The number of hydrogen-bond donors (Lipinski definition) is 0. The minimum atomic E-state index is -4.38. The van der Waals surface area contributed by atoms with Gasteiger partial charge in [-0.25, -0.2) is 4.79 Å². The largest absolute Gasteiger partial charge is 0.441 e. The van der Waals surface area contributed by atoms with E-state index in [9.17, 15) is 27.6 Å².